The second-order valence-electron chi connectivity index (χ2n) is 7.48. The first kappa shape index (κ1) is 16.6. The predicted octanol–water partition coefficient (Wildman–Crippen LogP) is 3.89. The Balaban J connectivity index is 1.41. The zero-order valence-electron chi connectivity index (χ0n) is 15.8. The highest BCUT2D eigenvalue weighted by atomic mass is 16.5. The van der Waals surface area contributed by atoms with Crippen LogP contribution in [0.25, 0.3) is 33.3 Å². The molecular formula is C23H20N4O2. The van der Waals surface area contributed by atoms with Gasteiger partial charge < -0.3 is 19.4 Å². The normalized spacial score (nSPS) is 18.2. The quantitative estimate of drug-likeness (QED) is 0.568. The Labute approximate surface area is 168 Å². The van der Waals surface area contributed by atoms with Crippen LogP contribution in [-0.2, 0) is 4.74 Å². The van der Waals surface area contributed by atoms with E-state index in [1.807, 2.05) is 24.7 Å². The van der Waals surface area contributed by atoms with Gasteiger partial charge in [0.1, 0.15) is 18.0 Å². The van der Waals surface area contributed by atoms with E-state index in [0.29, 0.717) is 12.6 Å². The molecule has 3 aromatic heterocycles. The van der Waals surface area contributed by atoms with Crippen LogP contribution in [0.5, 0.6) is 5.75 Å². The van der Waals surface area contributed by atoms with Crippen molar-refractivity contribution in [1.82, 2.24) is 15.0 Å². The van der Waals surface area contributed by atoms with Crippen LogP contribution in [0, 0.1) is 0 Å². The lowest BCUT2D eigenvalue weighted by molar-refractivity contribution is 0.0705. The molecule has 1 fully saturated rings. The Morgan fingerprint density at radius 3 is 2.97 bits per heavy atom. The predicted molar refractivity (Wildman–Crippen MR) is 112 cm³/mol. The number of fused-ring (bicyclic) bond motifs is 4. The van der Waals surface area contributed by atoms with E-state index in [-0.39, 0.29) is 0 Å². The largest absolute Gasteiger partial charge is 0.489 e. The Bertz CT molecular complexity index is 1190. The number of morpholine rings is 1. The Morgan fingerprint density at radius 1 is 1.03 bits per heavy atom. The highest BCUT2D eigenvalue weighted by Crippen LogP contribution is 2.39. The van der Waals surface area contributed by atoms with Crippen molar-refractivity contribution in [2.75, 3.05) is 31.3 Å². The summed E-state index contributed by atoms with van der Waals surface area (Å²) in [5, 5.41) is 1.09. The van der Waals surface area contributed by atoms with Gasteiger partial charge in [-0.3, -0.25) is 4.98 Å². The van der Waals surface area contributed by atoms with Crippen molar-refractivity contribution in [3.63, 3.8) is 0 Å². The molecule has 0 spiro atoms. The third-order valence-corrected chi connectivity index (χ3v) is 5.76. The van der Waals surface area contributed by atoms with Gasteiger partial charge in [0, 0.05) is 53.4 Å². The van der Waals surface area contributed by atoms with Crippen molar-refractivity contribution >= 4 is 16.7 Å². The van der Waals surface area contributed by atoms with E-state index in [1.165, 1.54) is 0 Å². The van der Waals surface area contributed by atoms with Crippen LogP contribution in [0.3, 0.4) is 0 Å². The number of hydrogen-bond donors (Lipinski definition) is 1. The number of benzene rings is 1. The van der Waals surface area contributed by atoms with Crippen LogP contribution in [0.4, 0.5) is 5.69 Å². The molecule has 29 heavy (non-hydrogen) atoms. The molecule has 1 aromatic carbocycles. The summed E-state index contributed by atoms with van der Waals surface area (Å²) in [6, 6.07) is 12.9. The van der Waals surface area contributed by atoms with Gasteiger partial charge in [0.15, 0.2) is 0 Å². The summed E-state index contributed by atoms with van der Waals surface area (Å²) in [5.74, 6) is 0.933. The van der Waals surface area contributed by atoms with Crippen LogP contribution < -0.4 is 9.64 Å². The first-order valence-corrected chi connectivity index (χ1v) is 9.86. The third-order valence-electron chi connectivity index (χ3n) is 5.76. The van der Waals surface area contributed by atoms with Gasteiger partial charge in [-0.05, 0) is 29.8 Å². The summed E-state index contributed by atoms with van der Waals surface area (Å²) in [5.41, 5.74) is 6.37. The molecule has 1 N–H and O–H groups in total. The molecular weight excluding hydrogens is 364 g/mol. The number of aromatic nitrogens is 3. The lowest BCUT2D eigenvalue weighted by Crippen LogP contribution is -2.51. The van der Waals surface area contributed by atoms with E-state index in [9.17, 15) is 0 Å². The van der Waals surface area contributed by atoms with Gasteiger partial charge in [0.25, 0.3) is 0 Å². The van der Waals surface area contributed by atoms with Gasteiger partial charge in [-0.2, -0.15) is 0 Å². The van der Waals surface area contributed by atoms with Gasteiger partial charge in [-0.25, -0.2) is 4.98 Å². The van der Waals surface area contributed by atoms with Crippen molar-refractivity contribution in [3.8, 4) is 28.0 Å². The van der Waals surface area contributed by atoms with E-state index in [2.05, 4.69) is 50.2 Å². The minimum Gasteiger partial charge on any atom is -0.489 e. The molecule has 2 aliphatic heterocycles. The topological polar surface area (TPSA) is 63.3 Å². The van der Waals surface area contributed by atoms with E-state index >= 15 is 0 Å². The van der Waals surface area contributed by atoms with Crippen molar-refractivity contribution in [2.24, 2.45) is 0 Å². The molecule has 1 saturated heterocycles. The van der Waals surface area contributed by atoms with E-state index in [1.54, 1.807) is 6.20 Å². The smallest absolute Gasteiger partial charge is 0.143 e. The minimum absolute atomic E-state index is 0.307. The highest BCUT2D eigenvalue weighted by molar-refractivity contribution is 5.95. The molecule has 6 rings (SSSR count). The fraction of sp³-hybridized carbons (Fsp3) is 0.217. The molecule has 0 aliphatic carbocycles. The standard InChI is InChI=1S/C23H20N4O2/c1-2-16(10-24-5-1)20-12-26-23-19(20)8-17(11-25-23)15-3-4-21-22(9-15)29-14-18-13-28-7-6-27(18)21/h1-5,8-12,18H,6-7,13-14H2,(H,25,26). The molecule has 5 heterocycles. The number of nitrogens with one attached hydrogen (secondary N) is 1. The van der Waals surface area contributed by atoms with E-state index in [4.69, 9.17) is 9.47 Å². The van der Waals surface area contributed by atoms with Crippen LogP contribution in [0.2, 0.25) is 0 Å². The monoisotopic (exact) mass is 384 g/mol. The van der Waals surface area contributed by atoms with Crippen molar-refractivity contribution in [1.29, 1.82) is 0 Å². The second-order valence-corrected chi connectivity index (χ2v) is 7.48. The molecule has 1 unspecified atom stereocenters. The summed E-state index contributed by atoms with van der Waals surface area (Å²) in [4.78, 5) is 14.5. The summed E-state index contributed by atoms with van der Waals surface area (Å²) in [6.45, 7) is 3.07. The van der Waals surface area contributed by atoms with Gasteiger partial charge in [-0.15, -0.1) is 0 Å². The molecule has 6 nitrogen and oxygen atoms in total. The average molecular weight is 384 g/mol. The Kier molecular flexibility index (Phi) is 3.77. The maximum Gasteiger partial charge on any atom is 0.143 e. The van der Waals surface area contributed by atoms with E-state index in [0.717, 1.165) is 64.5 Å². The molecule has 0 radical (unpaired) electrons. The molecule has 2 aliphatic rings. The molecule has 0 bridgehead atoms. The van der Waals surface area contributed by atoms with Gasteiger partial charge >= 0.3 is 0 Å². The van der Waals surface area contributed by atoms with Crippen molar-refractivity contribution in [3.05, 3.63) is 61.2 Å². The van der Waals surface area contributed by atoms with Gasteiger partial charge in [0.05, 0.1) is 24.9 Å². The number of aromatic amines is 1. The first-order chi connectivity index (χ1) is 14.4. The zero-order chi connectivity index (χ0) is 19.2. The SMILES string of the molecule is c1cncc(-c2c[nH]c3ncc(-c4ccc5c(c4)OCC4COCCN54)cc23)c1. The summed E-state index contributed by atoms with van der Waals surface area (Å²) in [6.07, 6.45) is 7.57. The Hall–Kier alpha value is -3.38. The molecule has 0 amide bonds. The molecule has 144 valence electrons. The molecule has 1 atom stereocenters. The third kappa shape index (κ3) is 2.76. The van der Waals surface area contributed by atoms with Crippen LogP contribution in [-0.4, -0.2) is 47.4 Å². The number of pyridine rings is 2. The number of hydrogen-bond acceptors (Lipinski definition) is 5. The molecule has 0 saturated carbocycles. The van der Waals surface area contributed by atoms with Crippen LogP contribution in [0.15, 0.2) is 61.2 Å². The van der Waals surface area contributed by atoms with Crippen molar-refractivity contribution < 1.29 is 9.47 Å². The lowest BCUT2D eigenvalue weighted by Gasteiger charge is -2.41. The van der Waals surface area contributed by atoms with Crippen molar-refractivity contribution in [2.45, 2.75) is 6.04 Å². The molecule has 4 aromatic rings. The number of nitrogens with zero attached hydrogens (tertiary/aromatic N) is 3. The highest BCUT2D eigenvalue weighted by Gasteiger charge is 2.30. The summed E-state index contributed by atoms with van der Waals surface area (Å²) >= 11 is 0. The summed E-state index contributed by atoms with van der Waals surface area (Å²) < 4.78 is 11.7. The maximum absolute atomic E-state index is 6.06. The number of H-pyrrole nitrogens is 1. The second kappa shape index (κ2) is 6.60. The number of anilines is 1. The maximum atomic E-state index is 6.06. The van der Waals surface area contributed by atoms with Gasteiger partial charge in [0.2, 0.25) is 0 Å². The van der Waals surface area contributed by atoms with Gasteiger partial charge in [-0.1, -0.05) is 12.1 Å². The van der Waals surface area contributed by atoms with Crippen LogP contribution >= 0.6 is 0 Å². The minimum atomic E-state index is 0.307. The number of ether oxygens (including phenoxy) is 2. The zero-order valence-corrected chi connectivity index (χ0v) is 15.8. The average Bonchev–Trinajstić information content (AvgIpc) is 3.22. The fourth-order valence-electron chi connectivity index (χ4n) is 4.26. The fourth-order valence-corrected chi connectivity index (χ4v) is 4.26. The molecule has 6 heteroatoms. The van der Waals surface area contributed by atoms with Crippen LogP contribution in [0.1, 0.15) is 0 Å². The Morgan fingerprint density at radius 2 is 2.03 bits per heavy atom. The summed E-state index contributed by atoms with van der Waals surface area (Å²) in [7, 11) is 0. The van der Waals surface area contributed by atoms with E-state index < -0.39 is 0 Å². The lowest BCUT2D eigenvalue weighted by atomic mass is 10.0. The first-order valence-electron chi connectivity index (χ1n) is 9.86. The number of rotatable bonds is 2.